The first-order valence-electron chi connectivity index (χ1n) is 6.72. The van der Waals surface area contributed by atoms with Crippen molar-refractivity contribution < 1.29 is 9.66 Å². The van der Waals surface area contributed by atoms with E-state index in [4.69, 9.17) is 16.3 Å². The molecule has 9 heteroatoms. The second-order valence-electron chi connectivity index (χ2n) is 4.99. The fourth-order valence-electron chi connectivity index (χ4n) is 2.30. The number of nitro groups is 1. The Hall–Kier alpha value is -1.51. The summed E-state index contributed by atoms with van der Waals surface area (Å²) < 4.78 is 5.29. The molecule has 1 saturated heterocycles. The van der Waals surface area contributed by atoms with Crippen LogP contribution < -0.4 is 5.32 Å². The summed E-state index contributed by atoms with van der Waals surface area (Å²) >= 11 is 5.79. The van der Waals surface area contributed by atoms with Gasteiger partial charge in [-0.15, -0.1) is 0 Å². The van der Waals surface area contributed by atoms with Crippen molar-refractivity contribution in [2.24, 2.45) is 0 Å². The maximum atomic E-state index is 11.1. The summed E-state index contributed by atoms with van der Waals surface area (Å²) in [5, 5.41) is 14.2. The number of hydrogen-bond acceptors (Lipinski definition) is 7. The molecule has 1 aromatic heterocycles. The van der Waals surface area contributed by atoms with Crippen molar-refractivity contribution in [1.29, 1.82) is 0 Å². The van der Waals surface area contributed by atoms with Gasteiger partial charge in [-0.1, -0.05) is 0 Å². The van der Waals surface area contributed by atoms with Gasteiger partial charge in [0.05, 0.1) is 18.1 Å². The first kappa shape index (κ1) is 15.9. The summed E-state index contributed by atoms with van der Waals surface area (Å²) in [6, 6.07) is -0.00725. The van der Waals surface area contributed by atoms with Gasteiger partial charge in [0, 0.05) is 25.7 Å². The van der Waals surface area contributed by atoms with Crippen LogP contribution >= 0.6 is 11.6 Å². The molecule has 0 bridgehead atoms. The topological polar surface area (TPSA) is 93.4 Å². The lowest BCUT2D eigenvalue weighted by Gasteiger charge is -2.29. The summed E-state index contributed by atoms with van der Waals surface area (Å²) in [5.41, 5.74) is 0.120. The van der Waals surface area contributed by atoms with Gasteiger partial charge in [0.15, 0.2) is 0 Å². The molecule has 0 spiro atoms. The normalized spacial score (nSPS) is 17.5. The SMILES string of the molecule is Cc1nc(Cl)nc(NC(C)CN2CCOCC2)c1[N+](=O)[O-]. The Balaban J connectivity index is 2.08. The van der Waals surface area contributed by atoms with Gasteiger partial charge in [0.2, 0.25) is 11.1 Å². The van der Waals surface area contributed by atoms with Crippen molar-refractivity contribution in [3.05, 3.63) is 21.1 Å². The number of aryl methyl sites for hydroxylation is 1. The zero-order chi connectivity index (χ0) is 15.4. The highest BCUT2D eigenvalue weighted by Crippen LogP contribution is 2.27. The Morgan fingerprint density at radius 2 is 2.14 bits per heavy atom. The number of hydrogen-bond donors (Lipinski definition) is 1. The summed E-state index contributed by atoms with van der Waals surface area (Å²) in [6.45, 7) is 7.39. The number of anilines is 1. The second-order valence-corrected chi connectivity index (χ2v) is 5.33. The molecule has 1 aromatic rings. The maximum absolute atomic E-state index is 11.1. The van der Waals surface area contributed by atoms with Gasteiger partial charge in [-0.25, -0.2) is 4.98 Å². The fraction of sp³-hybridized carbons (Fsp3) is 0.667. The molecular weight excluding hydrogens is 298 g/mol. The summed E-state index contributed by atoms with van der Waals surface area (Å²) in [7, 11) is 0. The van der Waals surface area contributed by atoms with Gasteiger partial charge in [-0.3, -0.25) is 15.0 Å². The van der Waals surface area contributed by atoms with E-state index in [0.29, 0.717) is 13.2 Å². The van der Waals surface area contributed by atoms with Gasteiger partial charge < -0.3 is 10.1 Å². The first-order chi connectivity index (χ1) is 9.97. The smallest absolute Gasteiger partial charge is 0.332 e. The highest BCUT2D eigenvalue weighted by Gasteiger charge is 2.23. The van der Waals surface area contributed by atoms with Crippen LogP contribution in [0.1, 0.15) is 12.6 Å². The number of morpholine rings is 1. The molecule has 1 N–H and O–H groups in total. The second kappa shape index (κ2) is 6.97. The van der Waals surface area contributed by atoms with Gasteiger partial charge >= 0.3 is 5.69 Å². The molecule has 1 fully saturated rings. The molecule has 0 aromatic carbocycles. The summed E-state index contributed by atoms with van der Waals surface area (Å²) in [6.07, 6.45) is 0. The third-order valence-corrected chi connectivity index (χ3v) is 3.40. The lowest BCUT2D eigenvalue weighted by molar-refractivity contribution is -0.385. The van der Waals surface area contributed by atoms with Crippen LogP contribution in [0.2, 0.25) is 5.28 Å². The molecule has 2 heterocycles. The molecular formula is C12H18ClN5O3. The Labute approximate surface area is 127 Å². The minimum Gasteiger partial charge on any atom is -0.379 e. The van der Waals surface area contributed by atoms with Crippen molar-refractivity contribution >= 4 is 23.1 Å². The van der Waals surface area contributed by atoms with Crippen LogP contribution in [-0.4, -0.2) is 58.7 Å². The minimum absolute atomic E-state index is 0.000766. The maximum Gasteiger partial charge on any atom is 0.332 e. The van der Waals surface area contributed by atoms with Crippen molar-refractivity contribution in [3.63, 3.8) is 0 Å². The number of halogens is 1. The summed E-state index contributed by atoms with van der Waals surface area (Å²) in [4.78, 5) is 20.7. The van der Waals surface area contributed by atoms with E-state index in [-0.39, 0.29) is 28.5 Å². The Morgan fingerprint density at radius 1 is 1.48 bits per heavy atom. The van der Waals surface area contributed by atoms with Gasteiger partial charge in [0.25, 0.3) is 0 Å². The highest BCUT2D eigenvalue weighted by atomic mass is 35.5. The van der Waals surface area contributed by atoms with Crippen LogP contribution in [0.25, 0.3) is 0 Å². The van der Waals surface area contributed by atoms with Crippen LogP contribution in [0.3, 0.4) is 0 Å². The van der Waals surface area contributed by atoms with E-state index in [0.717, 1.165) is 19.6 Å². The van der Waals surface area contributed by atoms with E-state index in [9.17, 15) is 10.1 Å². The lowest BCUT2D eigenvalue weighted by atomic mass is 10.2. The summed E-state index contributed by atoms with van der Waals surface area (Å²) in [5.74, 6) is 0.165. The molecule has 0 saturated carbocycles. The van der Waals surface area contributed by atoms with Crippen LogP contribution in [-0.2, 0) is 4.74 Å². The van der Waals surface area contributed by atoms with E-state index in [1.807, 2.05) is 6.92 Å². The van der Waals surface area contributed by atoms with E-state index in [1.165, 1.54) is 0 Å². The molecule has 0 radical (unpaired) electrons. The van der Waals surface area contributed by atoms with Gasteiger partial charge in [0.1, 0.15) is 5.69 Å². The quantitative estimate of drug-likeness (QED) is 0.499. The molecule has 1 atom stereocenters. The third-order valence-electron chi connectivity index (χ3n) is 3.23. The van der Waals surface area contributed by atoms with Crippen molar-refractivity contribution in [3.8, 4) is 0 Å². The number of nitrogens with zero attached hydrogens (tertiary/aromatic N) is 4. The van der Waals surface area contributed by atoms with E-state index >= 15 is 0 Å². The van der Waals surface area contributed by atoms with E-state index < -0.39 is 4.92 Å². The van der Waals surface area contributed by atoms with Crippen LogP contribution in [0.4, 0.5) is 11.5 Å². The minimum atomic E-state index is -0.491. The molecule has 1 aliphatic heterocycles. The number of nitrogens with one attached hydrogen (secondary N) is 1. The average molecular weight is 316 g/mol. The molecule has 0 aliphatic carbocycles. The number of rotatable bonds is 5. The van der Waals surface area contributed by atoms with E-state index in [1.54, 1.807) is 6.92 Å². The number of ether oxygens (including phenoxy) is 1. The van der Waals surface area contributed by atoms with Crippen molar-refractivity contribution in [2.45, 2.75) is 19.9 Å². The standard InChI is InChI=1S/C12H18ClN5O3/c1-8(7-17-3-5-21-6-4-17)14-11-10(18(19)20)9(2)15-12(13)16-11/h8H,3-7H2,1-2H3,(H,14,15,16). The Kier molecular flexibility index (Phi) is 5.27. The molecule has 2 rings (SSSR count). The lowest BCUT2D eigenvalue weighted by Crippen LogP contribution is -2.42. The zero-order valence-electron chi connectivity index (χ0n) is 12.0. The molecule has 8 nitrogen and oxygen atoms in total. The predicted molar refractivity (Wildman–Crippen MR) is 78.8 cm³/mol. The molecule has 116 valence electrons. The van der Waals surface area contributed by atoms with Crippen molar-refractivity contribution in [1.82, 2.24) is 14.9 Å². The van der Waals surface area contributed by atoms with Crippen molar-refractivity contribution in [2.75, 3.05) is 38.2 Å². The van der Waals surface area contributed by atoms with Gasteiger partial charge in [-0.05, 0) is 25.4 Å². The van der Waals surface area contributed by atoms with Crippen LogP contribution in [0.15, 0.2) is 0 Å². The Bertz CT molecular complexity index is 522. The van der Waals surface area contributed by atoms with Crippen LogP contribution in [0, 0.1) is 17.0 Å². The third kappa shape index (κ3) is 4.23. The van der Waals surface area contributed by atoms with Crippen LogP contribution in [0.5, 0.6) is 0 Å². The monoisotopic (exact) mass is 315 g/mol. The molecule has 1 aliphatic rings. The number of aromatic nitrogens is 2. The average Bonchev–Trinajstić information content (AvgIpc) is 2.38. The molecule has 1 unspecified atom stereocenters. The van der Waals surface area contributed by atoms with Gasteiger partial charge in [-0.2, -0.15) is 4.98 Å². The van der Waals surface area contributed by atoms with E-state index in [2.05, 4.69) is 20.2 Å². The first-order valence-corrected chi connectivity index (χ1v) is 7.10. The Morgan fingerprint density at radius 3 is 2.76 bits per heavy atom. The highest BCUT2D eigenvalue weighted by molar-refractivity contribution is 6.28. The molecule has 21 heavy (non-hydrogen) atoms. The largest absolute Gasteiger partial charge is 0.379 e. The predicted octanol–water partition coefficient (Wildman–Crippen LogP) is 1.48. The zero-order valence-corrected chi connectivity index (χ0v) is 12.8. The molecule has 0 amide bonds. The fourth-order valence-corrected chi connectivity index (χ4v) is 2.51.